The van der Waals surface area contributed by atoms with Crippen LogP contribution in [0.5, 0.6) is 0 Å². The maximum Gasteiger partial charge on any atom is 0.0346 e. The van der Waals surface area contributed by atoms with Crippen LogP contribution in [-0.2, 0) is 6.54 Å². The van der Waals surface area contributed by atoms with Gasteiger partial charge in [-0.25, -0.2) is 0 Å². The van der Waals surface area contributed by atoms with E-state index in [0.29, 0.717) is 0 Å². The molecule has 0 spiro atoms. The summed E-state index contributed by atoms with van der Waals surface area (Å²) in [5, 5.41) is 6.18. The zero-order valence-electron chi connectivity index (χ0n) is 12.6. The minimum Gasteiger partial charge on any atom is -0.316 e. The summed E-state index contributed by atoms with van der Waals surface area (Å²) in [5.74, 6) is 1.69. The van der Waals surface area contributed by atoms with E-state index in [-0.39, 0.29) is 0 Å². The number of pyridine rings is 1. The fraction of sp³-hybridized carbons (Fsp3) is 0.500. The van der Waals surface area contributed by atoms with Crippen LogP contribution in [0.2, 0.25) is 0 Å². The van der Waals surface area contributed by atoms with Crippen molar-refractivity contribution in [1.82, 2.24) is 15.2 Å². The lowest BCUT2D eigenvalue weighted by atomic mass is 9.93. The first-order chi connectivity index (χ1) is 10.4. The predicted octanol–water partition coefficient (Wildman–Crippen LogP) is 2.66. The minimum absolute atomic E-state index is 0.726. The van der Waals surface area contributed by atoms with E-state index >= 15 is 0 Å². The molecule has 2 aliphatic rings. The zero-order chi connectivity index (χ0) is 14.2. The maximum atomic E-state index is 4.44. The maximum absolute atomic E-state index is 4.44. The standard InChI is InChI=1S/C18H23N3/c1-2-18-17-10-20-9-15(17)12-21(18)11-14-8-19-7-13-5-3-4-6-16(13)14/h3-8,15,17-18,20H,2,9-12H2,1H3. The highest BCUT2D eigenvalue weighted by molar-refractivity contribution is 5.84. The molecule has 2 aromatic rings. The Kier molecular flexibility index (Phi) is 3.40. The van der Waals surface area contributed by atoms with Crippen molar-refractivity contribution >= 4 is 10.8 Å². The third-order valence-electron chi connectivity index (χ3n) is 5.37. The highest BCUT2D eigenvalue weighted by atomic mass is 15.2. The van der Waals surface area contributed by atoms with E-state index in [1.165, 1.54) is 42.4 Å². The van der Waals surface area contributed by atoms with Gasteiger partial charge in [0.05, 0.1) is 0 Å². The molecule has 4 rings (SSSR count). The monoisotopic (exact) mass is 281 g/mol. The summed E-state index contributed by atoms with van der Waals surface area (Å²) < 4.78 is 0. The summed E-state index contributed by atoms with van der Waals surface area (Å²) in [7, 11) is 0. The number of hydrogen-bond donors (Lipinski definition) is 1. The van der Waals surface area contributed by atoms with Crippen LogP contribution in [0.15, 0.2) is 36.7 Å². The number of fused-ring (bicyclic) bond motifs is 2. The average Bonchev–Trinajstić information content (AvgIpc) is 3.08. The fourth-order valence-corrected chi connectivity index (χ4v) is 4.38. The van der Waals surface area contributed by atoms with Gasteiger partial charge in [0.2, 0.25) is 0 Å². The Labute approximate surface area is 126 Å². The molecule has 110 valence electrons. The molecular formula is C18H23N3. The van der Waals surface area contributed by atoms with Gasteiger partial charge in [-0.3, -0.25) is 9.88 Å². The van der Waals surface area contributed by atoms with Gasteiger partial charge in [0, 0.05) is 36.9 Å². The minimum atomic E-state index is 0.726. The molecule has 21 heavy (non-hydrogen) atoms. The average molecular weight is 281 g/mol. The van der Waals surface area contributed by atoms with Crippen LogP contribution in [-0.4, -0.2) is 35.6 Å². The lowest BCUT2D eigenvalue weighted by Crippen LogP contribution is -2.34. The first-order valence-corrected chi connectivity index (χ1v) is 8.13. The van der Waals surface area contributed by atoms with Gasteiger partial charge in [-0.2, -0.15) is 0 Å². The fourth-order valence-electron chi connectivity index (χ4n) is 4.38. The van der Waals surface area contributed by atoms with Crippen molar-refractivity contribution in [2.24, 2.45) is 11.8 Å². The summed E-state index contributed by atoms with van der Waals surface area (Å²) in [6.45, 7) is 7.01. The molecule has 2 fully saturated rings. The van der Waals surface area contributed by atoms with Crippen LogP contribution in [0.4, 0.5) is 0 Å². The Bertz CT molecular complexity index is 634. The summed E-state index contributed by atoms with van der Waals surface area (Å²) >= 11 is 0. The Morgan fingerprint density at radius 3 is 3.05 bits per heavy atom. The summed E-state index contributed by atoms with van der Waals surface area (Å²) in [6, 6.07) is 9.33. The molecule has 2 aliphatic heterocycles. The first kappa shape index (κ1) is 13.2. The van der Waals surface area contributed by atoms with Crippen molar-refractivity contribution in [1.29, 1.82) is 0 Å². The lowest BCUT2D eigenvalue weighted by molar-refractivity contribution is 0.211. The van der Waals surface area contributed by atoms with E-state index in [9.17, 15) is 0 Å². The van der Waals surface area contributed by atoms with Crippen LogP contribution in [0.1, 0.15) is 18.9 Å². The van der Waals surface area contributed by atoms with E-state index < -0.39 is 0 Å². The molecule has 3 nitrogen and oxygen atoms in total. The molecule has 0 aliphatic carbocycles. The largest absolute Gasteiger partial charge is 0.316 e. The third-order valence-corrected chi connectivity index (χ3v) is 5.37. The Hall–Kier alpha value is -1.45. The second-order valence-electron chi connectivity index (χ2n) is 6.51. The number of likely N-dealkylation sites (tertiary alicyclic amines) is 1. The third kappa shape index (κ3) is 2.25. The molecule has 3 atom stereocenters. The number of rotatable bonds is 3. The molecule has 0 saturated carbocycles. The second kappa shape index (κ2) is 5.39. The van der Waals surface area contributed by atoms with Crippen molar-refractivity contribution in [3.63, 3.8) is 0 Å². The Morgan fingerprint density at radius 1 is 1.24 bits per heavy atom. The van der Waals surface area contributed by atoms with Gasteiger partial charge >= 0.3 is 0 Å². The summed E-state index contributed by atoms with van der Waals surface area (Å²) in [6.07, 6.45) is 5.28. The van der Waals surface area contributed by atoms with Crippen LogP contribution in [0.25, 0.3) is 10.8 Å². The molecule has 3 unspecified atom stereocenters. The number of hydrogen-bond acceptors (Lipinski definition) is 3. The molecule has 3 heteroatoms. The highest BCUT2D eigenvalue weighted by Gasteiger charge is 2.42. The number of benzene rings is 1. The zero-order valence-corrected chi connectivity index (χ0v) is 12.6. The molecule has 0 bridgehead atoms. The van der Waals surface area contributed by atoms with E-state index in [4.69, 9.17) is 0 Å². The van der Waals surface area contributed by atoms with E-state index in [0.717, 1.165) is 24.4 Å². The van der Waals surface area contributed by atoms with Gasteiger partial charge in [-0.1, -0.05) is 31.2 Å². The van der Waals surface area contributed by atoms with Crippen LogP contribution < -0.4 is 5.32 Å². The quantitative estimate of drug-likeness (QED) is 0.937. The number of nitrogens with one attached hydrogen (secondary N) is 1. The van der Waals surface area contributed by atoms with Crippen molar-refractivity contribution in [2.75, 3.05) is 19.6 Å². The smallest absolute Gasteiger partial charge is 0.0346 e. The number of nitrogens with zero attached hydrogens (tertiary/aromatic N) is 2. The van der Waals surface area contributed by atoms with Crippen LogP contribution in [0, 0.1) is 11.8 Å². The van der Waals surface area contributed by atoms with Crippen LogP contribution >= 0.6 is 0 Å². The Balaban J connectivity index is 1.63. The molecule has 2 saturated heterocycles. The van der Waals surface area contributed by atoms with Gasteiger partial charge in [-0.05, 0) is 42.3 Å². The Morgan fingerprint density at radius 2 is 2.14 bits per heavy atom. The molecule has 1 aromatic carbocycles. The van der Waals surface area contributed by atoms with Crippen LogP contribution in [0.3, 0.4) is 0 Å². The van der Waals surface area contributed by atoms with Crippen molar-refractivity contribution in [3.05, 3.63) is 42.2 Å². The van der Waals surface area contributed by atoms with Crippen molar-refractivity contribution in [2.45, 2.75) is 25.9 Å². The first-order valence-electron chi connectivity index (χ1n) is 8.13. The molecule has 1 N–H and O–H groups in total. The van der Waals surface area contributed by atoms with Gasteiger partial charge in [-0.15, -0.1) is 0 Å². The van der Waals surface area contributed by atoms with E-state index in [1.807, 2.05) is 6.20 Å². The predicted molar refractivity (Wildman–Crippen MR) is 86.1 cm³/mol. The van der Waals surface area contributed by atoms with Crippen molar-refractivity contribution in [3.8, 4) is 0 Å². The topological polar surface area (TPSA) is 28.2 Å². The highest BCUT2D eigenvalue weighted by Crippen LogP contribution is 2.35. The lowest BCUT2D eigenvalue weighted by Gasteiger charge is -2.27. The molecule has 0 radical (unpaired) electrons. The van der Waals surface area contributed by atoms with Gasteiger partial charge < -0.3 is 5.32 Å². The van der Waals surface area contributed by atoms with Gasteiger partial charge in [0.1, 0.15) is 0 Å². The SMILES string of the molecule is CCC1C2CNCC2CN1Cc1cncc2ccccc12. The second-order valence-corrected chi connectivity index (χ2v) is 6.51. The molecule has 3 heterocycles. The molecule has 1 aromatic heterocycles. The van der Waals surface area contributed by atoms with Gasteiger partial charge in [0.15, 0.2) is 0 Å². The molecule has 0 amide bonds. The summed E-state index contributed by atoms with van der Waals surface area (Å²) in [4.78, 5) is 7.13. The van der Waals surface area contributed by atoms with Gasteiger partial charge in [0.25, 0.3) is 0 Å². The summed E-state index contributed by atoms with van der Waals surface area (Å²) in [5.41, 5.74) is 1.37. The van der Waals surface area contributed by atoms with E-state index in [1.54, 1.807) is 0 Å². The number of aromatic nitrogens is 1. The van der Waals surface area contributed by atoms with Crippen molar-refractivity contribution < 1.29 is 0 Å². The normalized spacial score (nSPS) is 29.1. The molecular weight excluding hydrogens is 258 g/mol. The van der Waals surface area contributed by atoms with E-state index in [2.05, 4.69) is 52.6 Å².